The standard InChI is InChI=1S/C25H29NO4/c1-16(2)20-12-11-17(3)22(15-20)30-23-14-13-21(29-23)25(28)26(5)18(4)24(27)19-9-7-6-8-10-19/h6-16,18,24,27H,1-5H3. The molecule has 0 fully saturated rings. The molecule has 2 unspecified atom stereocenters. The Bertz CT molecular complexity index is 993. The number of hydrogen-bond donors (Lipinski definition) is 1. The Hall–Kier alpha value is -3.05. The zero-order valence-electron chi connectivity index (χ0n) is 18.1. The van der Waals surface area contributed by atoms with Gasteiger partial charge in [0.15, 0.2) is 5.76 Å². The number of rotatable bonds is 7. The van der Waals surface area contributed by atoms with Crippen molar-refractivity contribution in [1.82, 2.24) is 4.90 Å². The number of amides is 1. The SMILES string of the molecule is Cc1ccc(C(C)C)cc1Oc1ccc(C(=O)N(C)C(C)C(O)c2ccccc2)o1. The molecule has 1 N–H and O–H groups in total. The summed E-state index contributed by atoms with van der Waals surface area (Å²) in [6.07, 6.45) is -0.799. The molecule has 3 aromatic rings. The Labute approximate surface area is 177 Å². The average Bonchev–Trinajstić information content (AvgIpc) is 3.22. The van der Waals surface area contributed by atoms with Crippen molar-refractivity contribution < 1.29 is 19.1 Å². The molecule has 158 valence electrons. The highest BCUT2D eigenvalue weighted by atomic mass is 16.6. The van der Waals surface area contributed by atoms with E-state index in [4.69, 9.17) is 9.15 Å². The average molecular weight is 408 g/mol. The summed E-state index contributed by atoms with van der Waals surface area (Å²) in [5.74, 6) is 1.19. The first-order valence-corrected chi connectivity index (χ1v) is 10.2. The van der Waals surface area contributed by atoms with Crippen molar-refractivity contribution in [2.24, 2.45) is 0 Å². The number of aliphatic hydroxyl groups is 1. The first kappa shape index (κ1) is 21.7. The van der Waals surface area contributed by atoms with Gasteiger partial charge in [-0.3, -0.25) is 4.79 Å². The first-order valence-electron chi connectivity index (χ1n) is 10.2. The first-order chi connectivity index (χ1) is 14.3. The van der Waals surface area contributed by atoms with E-state index in [1.807, 2.05) is 49.4 Å². The molecule has 0 spiro atoms. The van der Waals surface area contributed by atoms with E-state index in [0.717, 1.165) is 11.1 Å². The monoisotopic (exact) mass is 407 g/mol. The van der Waals surface area contributed by atoms with Gasteiger partial charge in [-0.25, -0.2) is 0 Å². The molecule has 0 radical (unpaired) electrons. The van der Waals surface area contributed by atoms with Crippen molar-refractivity contribution in [2.75, 3.05) is 7.05 Å². The van der Waals surface area contributed by atoms with Gasteiger partial charge in [-0.1, -0.05) is 56.3 Å². The van der Waals surface area contributed by atoms with Gasteiger partial charge >= 0.3 is 0 Å². The molecule has 1 amide bonds. The second kappa shape index (κ2) is 9.18. The molecule has 2 aromatic carbocycles. The van der Waals surface area contributed by atoms with E-state index in [-0.39, 0.29) is 17.6 Å². The summed E-state index contributed by atoms with van der Waals surface area (Å²) in [7, 11) is 1.65. The molecule has 5 nitrogen and oxygen atoms in total. The molecule has 30 heavy (non-hydrogen) atoms. The Morgan fingerprint density at radius 2 is 1.70 bits per heavy atom. The van der Waals surface area contributed by atoms with Gasteiger partial charge in [0.1, 0.15) is 5.75 Å². The molecule has 0 aliphatic heterocycles. The summed E-state index contributed by atoms with van der Waals surface area (Å²) >= 11 is 0. The summed E-state index contributed by atoms with van der Waals surface area (Å²) < 4.78 is 11.6. The number of benzene rings is 2. The van der Waals surface area contributed by atoms with Crippen LogP contribution in [-0.4, -0.2) is 29.0 Å². The highest BCUT2D eigenvalue weighted by Crippen LogP contribution is 2.30. The van der Waals surface area contributed by atoms with Gasteiger partial charge < -0.3 is 19.2 Å². The highest BCUT2D eigenvalue weighted by molar-refractivity contribution is 5.91. The van der Waals surface area contributed by atoms with Gasteiger partial charge in [-0.2, -0.15) is 0 Å². The van der Waals surface area contributed by atoms with Crippen LogP contribution < -0.4 is 4.74 Å². The molecule has 0 aliphatic rings. The summed E-state index contributed by atoms with van der Waals surface area (Å²) in [4.78, 5) is 14.3. The van der Waals surface area contributed by atoms with Gasteiger partial charge in [0.25, 0.3) is 11.9 Å². The fraction of sp³-hybridized carbons (Fsp3) is 0.320. The van der Waals surface area contributed by atoms with Crippen molar-refractivity contribution in [2.45, 2.75) is 45.8 Å². The van der Waals surface area contributed by atoms with Crippen LogP contribution in [0.3, 0.4) is 0 Å². The number of nitrogens with zero attached hydrogens (tertiary/aromatic N) is 1. The van der Waals surface area contributed by atoms with Gasteiger partial charge in [0.05, 0.1) is 12.1 Å². The predicted octanol–water partition coefficient (Wildman–Crippen LogP) is 5.70. The maximum atomic E-state index is 12.9. The molecular formula is C25H29NO4. The fourth-order valence-electron chi connectivity index (χ4n) is 3.18. The molecular weight excluding hydrogens is 378 g/mol. The molecule has 2 atom stereocenters. The van der Waals surface area contributed by atoms with Crippen LogP contribution in [-0.2, 0) is 0 Å². The van der Waals surface area contributed by atoms with Crippen molar-refractivity contribution in [3.05, 3.63) is 83.1 Å². The second-order valence-corrected chi connectivity index (χ2v) is 7.91. The lowest BCUT2D eigenvalue weighted by Crippen LogP contribution is -2.38. The summed E-state index contributed by atoms with van der Waals surface area (Å²) in [5, 5.41) is 10.6. The third-order valence-corrected chi connectivity index (χ3v) is 5.41. The molecule has 0 saturated heterocycles. The number of hydrogen-bond acceptors (Lipinski definition) is 4. The van der Waals surface area contributed by atoms with Crippen LogP contribution in [0.15, 0.2) is 65.1 Å². The lowest BCUT2D eigenvalue weighted by molar-refractivity contribution is 0.0458. The summed E-state index contributed by atoms with van der Waals surface area (Å²) in [5.41, 5.74) is 2.91. The zero-order valence-corrected chi connectivity index (χ0v) is 18.1. The molecule has 1 aromatic heterocycles. The normalized spacial score (nSPS) is 13.2. The summed E-state index contributed by atoms with van der Waals surface area (Å²) in [6, 6.07) is 18.2. The second-order valence-electron chi connectivity index (χ2n) is 7.91. The van der Waals surface area contributed by atoms with E-state index in [1.165, 1.54) is 10.5 Å². The van der Waals surface area contributed by atoms with Crippen LogP contribution in [0, 0.1) is 6.92 Å². The van der Waals surface area contributed by atoms with Crippen LogP contribution in [0.25, 0.3) is 0 Å². The van der Waals surface area contributed by atoms with E-state index in [0.29, 0.717) is 11.7 Å². The van der Waals surface area contributed by atoms with E-state index in [1.54, 1.807) is 26.1 Å². The number of aryl methyl sites for hydroxylation is 1. The summed E-state index contributed by atoms with van der Waals surface area (Å²) in [6.45, 7) is 8.02. The minimum absolute atomic E-state index is 0.164. The van der Waals surface area contributed by atoms with Gasteiger partial charge in [-0.15, -0.1) is 0 Å². The smallest absolute Gasteiger partial charge is 0.290 e. The molecule has 0 saturated carbocycles. The Balaban J connectivity index is 1.72. The number of aliphatic hydroxyl groups excluding tert-OH is 1. The van der Waals surface area contributed by atoms with Gasteiger partial charge in [0.2, 0.25) is 0 Å². The van der Waals surface area contributed by atoms with E-state index in [9.17, 15) is 9.90 Å². The van der Waals surface area contributed by atoms with Gasteiger partial charge in [-0.05, 0) is 48.6 Å². The Kier molecular flexibility index (Phi) is 6.63. The largest absolute Gasteiger partial charge is 0.426 e. The maximum Gasteiger partial charge on any atom is 0.290 e. The quantitative estimate of drug-likeness (QED) is 0.546. The number of furan rings is 1. The molecule has 5 heteroatoms. The zero-order chi connectivity index (χ0) is 21.8. The lowest BCUT2D eigenvalue weighted by Gasteiger charge is -2.28. The number of carbonyl (C=O) groups is 1. The number of ether oxygens (including phenoxy) is 1. The topological polar surface area (TPSA) is 62.9 Å². The Morgan fingerprint density at radius 3 is 2.37 bits per heavy atom. The Morgan fingerprint density at radius 1 is 1.00 bits per heavy atom. The molecule has 0 bridgehead atoms. The van der Waals surface area contributed by atoms with Crippen molar-refractivity contribution in [3.63, 3.8) is 0 Å². The van der Waals surface area contributed by atoms with E-state index in [2.05, 4.69) is 19.9 Å². The fourth-order valence-corrected chi connectivity index (χ4v) is 3.18. The molecule has 0 aliphatic carbocycles. The van der Waals surface area contributed by atoms with Crippen molar-refractivity contribution >= 4 is 5.91 Å². The van der Waals surface area contributed by atoms with E-state index >= 15 is 0 Å². The van der Waals surface area contributed by atoms with E-state index < -0.39 is 12.1 Å². The maximum absolute atomic E-state index is 12.9. The van der Waals surface area contributed by atoms with Crippen LogP contribution in [0.5, 0.6) is 11.7 Å². The van der Waals surface area contributed by atoms with Crippen LogP contribution in [0.2, 0.25) is 0 Å². The lowest BCUT2D eigenvalue weighted by atomic mass is 10.0. The molecule has 3 rings (SSSR count). The minimum Gasteiger partial charge on any atom is -0.426 e. The highest BCUT2D eigenvalue weighted by Gasteiger charge is 2.27. The van der Waals surface area contributed by atoms with Crippen molar-refractivity contribution in [1.29, 1.82) is 0 Å². The van der Waals surface area contributed by atoms with Crippen LogP contribution in [0.1, 0.15) is 60.0 Å². The van der Waals surface area contributed by atoms with Crippen LogP contribution >= 0.6 is 0 Å². The van der Waals surface area contributed by atoms with Crippen molar-refractivity contribution in [3.8, 4) is 11.7 Å². The third-order valence-electron chi connectivity index (χ3n) is 5.41. The molecule has 1 heterocycles. The number of likely N-dealkylation sites (N-methyl/N-ethyl adjacent to an activating group) is 1. The van der Waals surface area contributed by atoms with Gasteiger partial charge in [0, 0.05) is 13.1 Å². The predicted molar refractivity (Wildman–Crippen MR) is 117 cm³/mol. The number of carbonyl (C=O) groups excluding carboxylic acids is 1. The third kappa shape index (κ3) is 4.74. The minimum atomic E-state index is -0.799. The van der Waals surface area contributed by atoms with Crippen LogP contribution in [0.4, 0.5) is 0 Å².